The molecule has 2 amide bonds. The molecular weight excluding hydrogens is 503 g/mol. The fourth-order valence-corrected chi connectivity index (χ4v) is 4.40. The Morgan fingerprint density at radius 1 is 1.09 bits per heavy atom. The van der Waals surface area contributed by atoms with E-state index in [1.807, 2.05) is 6.07 Å². The summed E-state index contributed by atoms with van der Waals surface area (Å²) in [5.74, 6) is -0.136. The van der Waals surface area contributed by atoms with E-state index in [1.54, 1.807) is 43.3 Å². The molecule has 0 unspecified atom stereocenters. The van der Waals surface area contributed by atoms with Crippen LogP contribution in [0.5, 0.6) is 0 Å². The van der Waals surface area contributed by atoms with Gasteiger partial charge in [-0.3, -0.25) is 14.9 Å². The number of thiazole rings is 1. The van der Waals surface area contributed by atoms with E-state index in [-0.39, 0.29) is 16.8 Å². The lowest BCUT2D eigenvalue weighted by Gasteiger charge is -2.08. The van der Waals surface area contributed by atoms with Gasteiger partial charge in [-0.1, -0.05) is 41.5 Å². The molecule has 168 valence electrons. The Bertz CT molecular complexity index is 1380. The number of nitrogens with zero attached hydrogens (tertiary/aromatic N) is 1. The predicted molar refractivity (Wildman–Crippen MR) is 136 cm³/mol. The van der Waals surface area contributed by atoms with E-state index >= 15 is 0 Å². The highest BCUT2D eigenvalue weighted by molar-refractivity contribution is 7.80. The van der Waals surface area contributed by atoms with Crippen molar-refractivity contribution in [3.05, 3.63) is 64.3 Å². The topological polar surface area (TPSA) is 96.3 Å². The Morgan fingerprint density at radius 2 is 1.91 bits per heavy atom. The maximum atomic E-state index is 12.5. The number of carbonyl (C=O) groups is 2. The Morgan fingerprint density at radius 3 is 2.70 bits per heavy atom. The Kier molecular flexibility index (Phi) is 6.94. The summed E-state index contributed by atoms with van der Waals surface area (Å²) < 4.78 is 6.49. The summed E-state index contributed by atoms with van der Waals surface area (Å²) in [4.78, 5) is 28.5. The number of hydrogen-bond acceptors (Lipinski definition) is 6. The van der Waals surface area contributed by atoms with Gasteiger partial charge in [-0.05, 0) is 60.7 Å². The summed E-state index contributed by atoms with van der Waals surface area (Å²) in [6.45, 7) is 1.77. The van der Waals surface area contributed by atoms with Crippen LogP contribution in [0.25, 0.3) is 21.5 Å². The second-order valence-corrected chi connectivity index (χ2v) is 9.08. The first-order valence-corrected chi connectivity index (χ1v) is 11.7. The molecule has 2 aromatic carbocycles. The molecule has 0 saturated heterocycles. The average molecular weight is 519 g/mol. The lowest BCUT2D eigenvalue weighted by atomic mass is 10.2. The number of amides is 2. The fourth-order valence-electron chi connectivity index (χ4n) is 2.88. The minimum absolute atomic E-state index is 0.0689. The number of carbonyl (C=O) groups excluding carboxylic acids is 2. The molecule has 3 N–H and O–H groups in total. The van der Waals surface area contributed by atoms with E-state index in [9.17, 15) is 9.59 Å². The smallest absolute Gasteiger partial charge is 0.293 e. The number of thiocarbonyl (C=S) groups is 1. The maximum Gasteiger partial charge on any atom is 0.293 e. The molecule has 4 rings (SSSR count). The standard InChI is InChI=1S/C22H16Cl2N4O3S2/c1-2-19(29)27-22-26-15-6-4-12(10-18(15)33-22)25-21(32)28-20(30)17-8-7-16(31-17)13-9-11(23)3-5-14(13)24/h3-10H,2H2,1H3,(H,26,27,29)(H2,25,28,30,32). The van der Waals surface area contributed by atoms with Crippen LogP contribution in [0.3, 0.4) is 0 Å². The lowest BCUT2D eigenvalue weighted by molar-refractivity contribution is -0.115. The number of fused-ring (bicyclic) bond motifs is 1. The molecule has 2 heterocycles. The summed E-state index contributed by atoms with van der Waals surface area (Å²) in [6, 6.07) is 13.5. The van der Waals surface area contributed by atoms with Crippen LogP contribution in [0.15, 0.2) is 52.9 Å². The molecule has 0 saturated carbocycles. The third kappa shape index (κ3) is 5.51. The van der Waals surface area contributed by atoms with E-state index in [0.717, 1.165) is 10.2 Å². The first kappa shape index (κ1) is 23.2. The van der Waals surface area contributed by atoms with E-state index in [1.165, 1.54) is 17.4 Å². The summed E-state index contributed by atoms with van der Waals surface area (Å²) in [5, 5.41) is 9.87. The molecule has 7 nitrogen and oxygen atoms in total. The van der Waals surface area contributed by atoms with Gasteiger partial charge in [0.1, 0.15) is 5.76 Å². The van der Waals surface area contributed by atoms with Crippen molar-refractivity contribution < 1.29 is 14.0 Å². The van der Waals surface area contributed by atoms with E-state index in [4.69, 9.17) is 39.8 Å². The van der Waals surface area contributed by atoms with E-state index < -0.39 is 5.91 Å². The van der Waals surface area contributed by atoms with Crippen molar-refractivity contribution in [2.75, 3.05) is 10.6 Å². The van der Waals surface area contributed by atoms with Gasteiger partial charge < -0.3 is 15.1 Å². The number of anilines is 2. The molecule has 0 atom stereocenters. The predicted octanol–water partition coefficient (Wildman–Crippen LogP) is 6.34. The highest BCUT2D eigenvalue weighted by atomic mass is 35.5. The molecule has 0 bridgehead atoms. The first-order valence-electron chi connectivity index (χ1n) is 9.70. The van der Waals surface area contributed by atoms with Crippen LogP contribution in [-0.4, -0.2) is 21.9 Å². The second kappa shape index (κ2) is 9.88. The third-order valence-corrected chi connectivity index (χ3v) is 6.17. The van der Waals surface area contributed by atoms with Crippen molar-refractivity contribution in [1.29, 1.82) is 0 Å². The summed E-state index contributed by atoms with van der Waals surface area (Å²) in [5.41, 5.74) is 1.99. The van der Waals surface area contributed by atoms with Crippen LogP contribution >= 0.6 is 46.8 Å². The highest BCUT2D eigenvalue weighted by Gasteiger charge is 2.16. The van der Waals surface area contributed by atoms with Crippen LogP contribution in [-0.2, 0) is 4.79 Å². The summed E-state index contributed by atoms with van der Waals surface area (Å²) in [6.07, 6.45) is 0.375. The quantitative estimate of drug-likeness (QED) is 0.267. The number of aromatic nitrogens is 1. The minimum atomic E-state index is -0.514. The zero-order valence-electron chi connectivity index (χ0n) is 17.1. The Labute approximate surface area is 208 Å². The van der Waals surface area contributed by atoms with Gasteiger partial charge in [-0.25, -0.2) is 4.98 Å². The fraction of sp³-hybridized carbons (Fsp3) is 0.0909. The van der Waals surface area contributed by atoms with Crippen molar-refractivity contribution in [3.8, 4) is 11.3 Å². The molecule has 0 radical (unpaired) electrons. The molecule has 0 aliphatic carbocycles. The number of furan rings is 1. The van der Waals surface area contributed by atoms with Crippen molar-refractivity contribution in [1.82, 2.24) is 10.3 Å². The van der Waals surface area contributed by atoms with Crippen molar-refractivity contribution in [2.24, 2.45) is 0 Å². The minimum Gasteiger partial charge on any atom is -0.451 e. The molecule has 0 spiro atoms. The number of benzene rings is 2. The highest BCUT2D eigenvalue weighted by Crippen LogP contribution is 2.32. The summed E-state index contributed by atoms with van der Waals surface area (Å²) >= 11 is 18.8. The SMILES string of the molecule is CCC(=O)Nc1nc2ccc(NC(=S)NC(=O)c3ccc(-c4cc(Cl)ccc4Cl)o3)cc2s1. The molecule has 2 aromatic heterocycles. The van der Waals surface area contributed by atoms with Gasteiger partial charge in [-0.15, -0.1) is 0 Å². The Balaban J connectivity index is 1.42. The van der Waals surface area contributed by atoms with Gasteiger partial charge in [-0.2, -0.15) is 0 Å². The molecule has 4 aromatic rings. The largest absolute Gasteiger partial charge is 0.451 e. The third-order valence-electron chi connectivity index (χ3n) is 4.46. The zero-order valence-corrected chi connectivity index (χ0v) is 20.2. The van der Waals surface area contributed by atoms with Gasteiger partial charge >= 0.3 is 0 Å². The molecule has 0 fully saturated rings. The normalized spacial score (nSPS) is 10.8. The first-order chi connectivity index (χ1) is 15.8. The van der Waals surface area contributed by atoms with Crippen molar-refractivity contribution in [3.63, 3.8) is 0 Å². The summed E-state index contributed by atoms with van der Waals surface area (Å²) in [7, 11) is 0. The van der Waals surface area contributed by atoms with Crippen molar-refractivity contribution in [2.45, 2.75) is 13.3 Å². The number of nitrogens with one attached hydrogen (secondary N) is 3. The molecule has 33 heavy (non-hydrogen) atoms. The zero-order chi connectivity index (χ0) is 23.5. The van der Waals surface area contributed by atoms with Gasteiger partial charge in [0.15, 0.2) is 16.0 Å². The van der Waals surface area contributed by atoms with Crippen molar-refractivity contribution >= 4 is 84.7 Å². The van der Waals surface area contributed by atoms with Crippen LogP contribution in [0.4, 0.5) is 10.8 Å². The van der Waals surface area contributed by atoms with Gasteiger partial charge in [0.25, 0.3) is 5.91 Å². The van der Waals surface area contributed by atoms with Crippen LogP contribution in [0.2, 0.25) is 10.0 Å². The second-order valence-electron chi connectivity index (χ2n) is 6.80. The van der Waals surface area contributed by atoms with Crippen LogP contribution < -0.4 is 16.0 Å². The van der Waals surface area contributed by atoms with E-state index in [0.29, 0.717) is 38.6 Å². The lowest BCUT2D eigenvalue weighted by Crippen LogP contribution is -2.33. The Hall–Kier alpha value is -2.98. The van der Waals surface area contributed by atoms with Crippen LogP contribution in [0, 0.1) is 0 Å². The molecule has 0 aliphatic rings. The number of hydrogen-bond donors (Lipinski definition) is 3. The van der Waals surface area contributed by atoms with Gasteiger partial charge in [0.2, 0.25) is 5.91 Å². The average Bonchev–Trinajstić information content (AvgIpc) is 3.42. The van der Waals surface area contributed by atoms with Gasteiger partial charge in [0, 0.05) is 22.7 Å². The van der Waals surface area contributed by atoms with Gasteiger partial charge in [0.05, 0.1) is 15.2 Å². The van der Waals surface area contributed by atoms with Crippen LogP contribution in [0.1, 0.15) is 23.9 Å². The molecular formula is C22H16Cl2N4O3S2. The number of halogens is 2. The number of rotatable bonds is 5. The monoisotopic (exact) mass is 518 g/mol. The maximum absolute atomic E-state index is 12.5. The molecule has 11 heteroatoms. The van der Waals surface area contributed by atoms with E-state index in [2.05, 4.69) is 20.9 Å². The molecule has 0 aliphatic heterocycles.